The van der Waals surface area contributed by atoms with Crippen LogP contribution in [-0.2, 0) is 0 Å². The van der Waals surface area contributed by atoms with Crippen LogP contribution in [-0.4, -0.2) is 29.6 Å². The third-order valence-electron chi connectivity index (χ3n) is 4.80. The van der Waals surface area contributed by atoms with E-state index >= 15 is 0 Å². The molecule has 2 heterocycles. The van der Waals surface area contributed by atoms with Gasteiger partial charge in [0.1, 0.15) is 0 Å². The van der Waals surface area contributed by atoms with Crippen molar-refractivity contribution in [1.82, 2.24) is 4.90 Å². The average molecular weight is 368 g/mol. The van der Waals surface area contributed by atoms with Crippen molar-refractivity contribution in [3.63, 3.8) is 0 Å². The first-order valence-electron chi connectivity index (χ1n) is 8.67. The summed E-state index contributed by atoms with van der Waals surface area (Å²) in [5, 5.41) is 1.65. The number of amides is 1. The number of hydrogen-bond donors (Lipinski definition) is 0. The predicted octanol–water partition coefficient (Wildman–Crippen LogP) is 5.53. The lowest BCUT2D eigenvalue weighted by Gasteiger charge is -2.20. The Hall–Kier alpha value is -1.78. The SMILES string of the molecule is Cc1ccccc1C1CCN(C(=O)c2cc3ccccc3s2)CCS1. The van der Waals surface area contributed by atoms with E-state index in [2.05, 4.69) is 43.3 Å². The molecule has 0 saturated carbocycles. The van der Waals surface area contributed by atoms with Crippen molar-refractivity contribution in [3.05, 3.63) is 70.6 Å². The van der Waals surface area contributed by atoms with E-state index in [0.29, 0.717) is 5.25 Å². The summed E-state index contributed by atoms with van der Waals surface area (Å²) in [4.78, 5) is 15.9. The lowest BCUT2D eigenvalue weighted by molar-refractivity contribution is 0.0771. The van der Waals surface area contributed by atoms with Crippen LogP contribution < -0.4 is 0 Å². The molecular formula is C21H21NOS2. The Morgan fingerprint density at radius 1 is 1.08 bits per heavy atom. The fraction of sp³-hybridized carbons (Fsp3) is 0.286. The van der Waals surface area contributed by atoms with Crippen LogP contribution in [0.1, 0.15) is 32.5 Å². The van der Waals surface area contributed by atoms with E-state index < -0.39 is 0 Å². The molecule has 1 unspecified atom stereocenters. The van der Waals surface area contributed by atoms with Crippen LogP contribution in [0.15, 0.2) is 54.6 Å². The Balaban J connectivity index is 1.50. The summed E-state index contributed by atoms with van der Waals surface area (Å²) in [6.45, 7) is 3.85. The van der Waals surface area contributed by atoms with E-state index in [1.165, 1.54) is 15.8 Å². The summed E-state index contributed by atoms with van der Waals surface area (Å²) in [5.41, 5.74) is 2.77. The molecule has 1 fully saturated rings. The topological polar surface area (TPSA) is 20.3 Å². The summed E-state index contributed by atoms with van der Waals surface area (Å²) in [6.07, 6.45) is 1.02. The number of thiophene rings is 1. The second-order valence-corrected chi connectivity index (χ2v) is 8.84. The van der Waals surface area contributed by atoms with E-state index in [0.717, 1.165) is 35.5 Å². The molecule has 1 aliphatic rings. The molecule has 0 N–H and O–H groups in total. The first kappa shape index (κ1) is 16.7. The number of rotatable bonds is 2. The molecule has 2 nitrogen and oxygen atoms in total. The maximum atomic E-state index is 13.0. The highest BCUT2D eigenvalue weighted by Gasteiger charge is 2.24. The molecule has 4 heteroatoms. The van der Waals surface area contributed by atoms with Crippen molar-refractivity contribution in [1.29, 1.82) is 0 Å². The fourth-order valence-electron chi connectivity index (χ4n) is 3.41. The molecule has 1 saturated heterocycles. The smallest absolute Gasteiger partial charge is 0.263 e. The molecule has 25 heavy (non-hydrogen) atoms. The summed E-state index contributed by atoms with van der Waals surface area (Å²) in [7, 11) is 0. The van der Waals surface area contributed by atoms with Gasteiger partial charge in [0.05, 0.1) is 4.88 Å². The molecule has 4 rings (SSSR count). The Morgan fingerprint density at radius 3 is 2.72 bits per heavy atom. The lowest BCUT2D eigenvalue weighted by atomic mass is 10.0. The first-order chi connectivity index (χ1) is 12.2. The minimum Gasteiger partial charge on any atom is -0.337 e. The Morgan fingerprint density at radius 2 is 1.88 bits per heavy atom. The van der Waals surface area contributed by atoms with Crippen LogP contribution in [0.5, 0.6) is 0 Å². The van der Waals surface area contributed by atoms with Gasteiger partial charge < -0.3 is 4.90 Å². The van der Waals surface area contributed by atoms with Crippen LogP contribution in [0.4, 0.5) is 0 Å². The Kier molecular flexibility index (Phi) is 4.82. The second-order valence-electron chi connectivity index (χ2n) is 6.45. The van der Waals surface area contributed by atoms with Gasteiger partial charge in [-0.3, -0.25) is 4.79 Å². The number of aryl methyl sites for hydroxylation is 1. The van der Waals surface area contributed by atoms with E-state index in [1.54, 1.807) is 11.3 Å². The Labute approximate surface area is 156 Å². The molecule has 2 aromatic carbocycles. The van der Waals surface area contributed by atoms with Crippen LogP contribution in [0.2, 0.25) is 0 Å². The number of carbonyl (C=O) groups is 1. The minimum atomic E-state index is 0.187. The molecule has 1 aliphatic heterocycles. The van der Waals surface area contributed by atoms with Gasteiger partial charge >= 0.3 is 0 Å². The zero-order chi connectivity index (χ0) is 17.2. The number of nitrogens with zero attached hydrogens (tertiary/aromatic N) is 1. The number of carbonyl (C=O) groups excluding carboxylic acids is 1. The highest BCUT2D eigenvalue weighted by Crippen LogP contribution is 2.36. The van der Waals surface area contributed by atoms with E-state index in [-0.39, 0.29) is 5.91 Å². The van der Waals surface area contributed by atoms with Gasteiger partial charge in [0.15, 0.2) is 0 Å². The molecule has 0 spiro atoms. The van der Waals surface area contributed by atoms with Gasteiger partial charge in [-0.15, -0.1) is 11.3 Å². The normalized spacial score (nSPS) is 18.3. The zero-order valence-electron chi connectivity index (χ0n) is 14.3. The fourth-order valence-corrected chi connectivity index (χ4v) is 5.77. The van der Waals surface area contributed by atoms with Crippen LogP contribution in [0.25, 0.3) is 10.1 Å². The van der Waals surface area contributed by atoms with Crippen molar-refractivity contribution in [2.24, 2.45) is 0 Å². The maximum Gasteiger partial charge on any atom is 0.263 e. The van der Waals surface area contributed by atoms with Gasteiger partial charge in [0.25, 0.3) is 5.91 Å². The summed E-state index contributed by atoms with van der Waals surface area (Å²) in [5.74, 6) is 1.18. The maximum absolute atomic E-state index is 13.0. The zero-order valence-corrected chi connectivity index (χ0v) is 15.9. The largest absolute Gasteiger partial charge is 0.337 e. The average Bonchev–Trinajstić information content (AvgIpc) is 2.92. The minimum absolute atomic E-state index is 0.187. The highest BCUT2D eigenvalue weighted by molar-refractivity contribution is 7.99. The van der Waals surface area contributed by atoms with Gasteiger partial charge in [-0.1, -0.05) is 42.5 Å². The summed E-state index contributed by atoms with van der Waals surface area (Å²) < 4.78 is 1.19. The van der Waals surface area contributed by atoms with Gasteiger partial charge in [0.2, 0.25) is 0 Å². The van der Waals surface area contributed by atoms with Crippen molar-refractivity contribution in [3.8, 4) is 0 Å². The van der Waals surface area contributed by atoms with Crippen molar-refractivity contribution in [2.45, 2.75) is 18.6 Å². The van der Waals surface area contributed by atoms with Crippen molar-refractivity contribution < 1.29 is 4.79 Å². The van der Waals surface area contributed by atoms with Gasteiger partial charge in [0, 0.05) is 28.8 Å². The molecule has 3 aromatic rings. The summed E-state index contributed by atoms with van der Waals surface area (Å²) >= 11 is 3.59. The molecule has 0 radical (unpaired) electrons. The third kappa shape index (κ3) is 3.46. The van der Waals surface area contributed by atoms with Gasteiger partial charge in [-0.2, -0.15) is 11.8 Å². The van der Waals surface area contributed by atoms with E-state index in [4.69, 9.17) is 0 Å². The number of thioether (sulfide) groups is 1. The quantitative estimate of drug-likeness (QED) is 0.593. The highest BCUT2D eigenvalue weighted by atomic mass is 32.2. The molecule has 128 valence electrons. The van der Waals surface area contributed by atoms with Gasteiger partial charge in [-0.05, 0) is 42.0 Å². The van der Waals surface area contributed by atoms with Gasteiger partial charge in [-0.25, -0.2) is 0 Å². The number of benzene rings is 2. The third-order valence-corrected chi connectivity index (χ3v) is 7.21. The van der Waals surface area contributed by atoms with E-state index in [1.807, 2.05) is 34.9 Å². The van der Waals surface area contributed by atoms with Crippen LogP contribution >= 0.6 is 23.1 Å². The number of fused-ring (bicyclic) bond motifs is 1. The number of hydrogen-bond acceptors (Lipinski definition) is 3. The molecular weight excluding hydrogens is 346 g/mol. The van der Waals surface area contributed by atoms with Crippen molar-refractivity contribution in [2.75, 3.05) is 18.8 Å². The van der Waals surface area contributed by atoms with Crippen molar-refractivity contribution >= 4 is 39.1 Å². The molecule has 1 aromatic heterocycles. The van der Waals surface area contributed by atoms with Crippen LogP contribution in [0, 0.1) is 6.92 Å². The summed E-state index contributed by atoms with van der Waals surface area (Å²) in [6, 6.07) is 18.9. The van der Waals surface area contributed by atoms with Crippen LogP contribution in [0.3, 0.4) is 0 Å². The second kappa shape index (κ2) is 7.22. The molecule has 0 bridgehead atoms. The standard InChI is InChI=1S/C21H21NOS2/c1-15-6-2-4-8-17(15)19-10-11-22(12-13-24-19)21(23)20-14-16-7-3-5-9-18(16)25-20/h2-9,14,19H,10-13H2,1H3. The lowest BCUT2D eigenvalue weighted by Crippen LogP contribution is -2.32. The predicted molar refractivity (Wildman–Crippen MR) is 109 cm³/mol. The first-order valence-corrected chi connectivity index (χ1v) is 10.5. The molecule has 1 amide bonds. The monoisotopic (exact) mass is 367 g/mol. The van der Waals surface area contributed by atoms with E-state index in [9.17, 15) is 4.79 Å². The molecule has 1 atom stereocenters. The molecule has 0 aliphatic carbocycles. The Bertz CT molecular complexity index is 869.